The molecule has 0 unspecified atom stereocenters. The van der Waals surface area contributed by atoms with Gasteiger partial charge >= 0.3 is 12.4 Å². The van der Waals surface area contributed by atoms with E-state index in [0.717, 1.165) is 11.3 Å². The molecule has 30 heavy (non-hydrogen) atoms. The van der Waals surface area contributed by atoms with E-state index in [1.165, 1.54) is 31.2 Å². The molecule has 1 aromatic heterocycles. The van der Waals surface area contributed by atoms with Gasteiger partial charge in [-0.3, -0.25) is 4.79 Å². The third-order valence-corrected chi connectivity index (χ3v) is 5.51. The number of nitrogens with two attached hydrogens (primary N) is 1. The highest BCUT2D eigenvalue weighted by Gasteiger charge is 2.37. The molecule has 0 spiro atoms. The third-order valence-electron chi connectivity index (χ3n) is 4.32. The zero-order valence-electron chi connectivity index (χ0n) is 15.1. The predicted molar refractivity (Wildman–Crippen MR) is 104 cm³/mol. The number of anilines is 1. The van der Waals surface area contributed by atoms with Gasteiger partial charge in [0.2, 0.25) is 0 Å². The molecule has 0 saturated carbocycles. The number of thiophene rings is 1. The highest BCUT2D eigenvalue weighted by atomic mass is 35.5. The van der Waals surface area contributed by atoms with Crippen LogP contribution in [0.25, 0.3) is 11.1 Å². The lowest BCUT2D eigenvalue weighted by Gasteiger charge is -2.15. The second-order valence-electron chi connectivity index (χ2n) is 6.40. The molecule has 0 saturated heterocycles. The van der Waals surface area contributed by atoms with Crippen molar-refractivity contribution in [1.29, 1.82) is 0 Å². The van der Waals surface area contributed by atoms with Gasteiger partial charge in [0.1, 0.15) is 0 Å². The van der Waals surface area contributed by atoms with E-state index in [4.69, 9.17) is 17.3 Å². The molecule has 0 aliphatic rings. The van der Waals surface area contributed by atoms with Crippen molar-refractivity contribution in [1.82, 2.24) is 0 Å². The van der Waals surface area contributed by atoms with Crippen LogP contribution in [0.1, 0.15) is 31.9 Å². The summed E-state index contributed by atoms with van der Waals surface area (Å²) in [5, 5.41) is 0.349. The fourth-order valence-electron chi connectivity index (χ4n) is 2.98. The van der Waals surface area contributed by atoms with Gasteiger partial charge in [0.25, 0.3) is 0 Å². The monoisotopic (exact) mass is 463 g/mol. The number of carbonyl (C=O) groups excluding carboxylic acids is 1. The fourth-order valence-corrected chi connectivity index (χ4v) is 4.06. The van der Waals surface area contributed by atoms with Crippen LogP contribution in [-0.2, 0) is 12.4 Å². The first-order valence-corrected chi connectivity index (χ1v) is 9.47. The van der Waals surface area contributed by atoms with Crippen LogP contribution in [0, 0.1) is 6.92 Å². The minimum Gasteiger partial charge on any atom is -0.390 e. The van der Waals surface area contributed by atoms with Crippen LogP contribution >= 0.6 is 22.9 Å². The van der Waals surface area contributed by atoms with Gasteiger partial charge in [0, 0.05) is 21.0 Å². The van der Waals surface area contributed by atoms with Crippen LogP contribution in [0.2, 0.25) is 5.02 Å². The van der Waals surface area contributed by atoms with Crippen molar-refractivity contribution in [3.05, 3.63) is 74.6 Å². The standard InChI is InChI=1S/C20H12ClF6NOS/c1-9-15(11-6-12(19(22,23)24)8-13(7-11)20(25,26)27)16(18(28)30-9)17(29)10-2-4-14(21)5-3-10/h2-8H,28H2,1H3. The molecular weight excluding hydrogens is 452 g/mol. The summed E-state index contributed by atoms with van der Waals surface area (Å²) in [7, 11) is 0. The van der Waals surface area contributed by atoms with Crippen molar-refractivity contribution in [2.24, 2.45) is 0 Å². The van der Waals surface area contributed by atoms with Gasteiger partial charge in [0.15, 0.2) is 5.78 Å². The quantitative estimate of drug-likeness (QED) is 0.329. The first kappa shape index (κ1) is 22.2. The molecule has 2 aromatic carbocycles. The summed E-state index contributed by atoms with van der Waals surface area (Å²) in [5.74, 6) is -0.630. The van der Waals surface area contributed by atoms with Crippen molar-refractivity contribution in [2.75, 3.05) is 5.73 Å². The summed E-state index contributed by atoms with van der Waals surface area (Å²) in [4.78, 5) is 13.3. The number of carbonyl (C=O) groups is 1. The molecule has 0 bridgehead atoms. The molecule has 3 rings (SSSR count). The number of hydrogen-bond acceptors (Lipinski definition) is 3. The molecule has 0 fully saturated rings. The number of ketones is 1. The van der Waals surface area contributed by atoms with Crippen LogP contribution < -0.4 is 5.73 Å². The average Bonchev–Trinajstić information content (AvgIpc) is 2.93. The number of alkyl halides is 6. The maximum Gasteiger partial charge on any atom is 0.416 e. The Kier molecular flexibility index (Phi) is 5.64. The maximum atomic E-state index is 13.3. The van der Waals surface area contributed by atoms with Crippen LogP contribution in [0.4, 0.5) is 31.3 Å². The van der Waals surface area contributed by atoms with Gasteiger partial charge in [-0.1, -0.05) is 11.6 Å². The van der Waals surface area contributed by atoms with E-state index in [-0.39, 0.29) is 33.3 Å². The number of hydrogen-bond donors (Lipinski definition) is 1. The van der Waals surface area contributed by atoms with Crippen molar-refractivity contribution in [3.63, 3.8) is 0 Å². The lowest BCUT2D eigenvalue weighted by Crippen LogP contribution is -2.11. The Hall–Kier alpha value is -2.52. The highest BCUT2D eigenvalue weighted by Crippen LogP contribution is 2.44. The molecule has 0 aliphatic carbocycles. The van der Waals surface area contributed by atoms with E-state index in [0.29, 0.717) is 22.0 Å². The Labute approximate surface area is 175 Å². The second kappa shape index (κ2) is 7.63. The Morgan fingerprint density at radius 2 is 1.43 bits per heavy atom. The van der Waals surface area contributed by atoms with Crippen molar-refractivity contribution >= 4 is 33.7 Å². The molecule has 0 amide bonds. The molecule has 1 heterocycles. The van der Waals surface area contributed by atoms with E-state index in [1.807, 2.05) is 0 Å². The molecule has 0 radical (unpaired) electrons. The summed E-state index contributed by atoms with van der Waals surface area (Å²) in [6.07, 6.45) is -10.0. The van der Waals surface area contributed by atoms with Crippen molar-refractivity contribution in [2.45, 2.75) is 19.3 Å². The lowest BCUT2D eigenvalue weighted by molar-refractivity contribution is -0.143. The summed E-state index contributed by atoms with van der Waals surface area (Å²) < 4.78 is 79.5. The van der Waals surface area contributed by atoms with Gasteiger partial charge in [-0.25, -0.2) is 0 Å². The van der Waals surface area contributed by atoms with Crippen LogP contribution in [0.15, 0.2) is 42.5 Å². The first-order valence-electron chi connectivity index (χ1n) is 8.28. The Morgan fingerprint density at radius 3 is 1.90 bits per heavy atom. The van der Waals surface area contributed by atoms with Gasteiger partial charge in [-0.2, -0.15) is 26.3 Å². The first-order chi connectivity index (χ1) is 13.8. The summed E-state index contributed by atoms with van der Waals surface area (Å²) in [6.45, 7) is 1.47. The molecule has 2 nitrogen and oxygen atoms in total. The van der Waals surface area contributed by atoms with E-state index >= 15 is 0 Å². The summed E-state index contributed by atoms with van der Waals surface area (Å²) >= 11 is 6.71. The third kappa shape index (κ3) is 4.32. The normalized spacial score (nSPS) is 12.3. The molecule has 3 aromatic rings. The minimum absolute atomic E-state index is 0.00609. The van der Waals surface area contributed by atoms with Crippen molar-refractivity contribution in [3.8, 4) is 11.1 Å². The molecule has 158 valence electrons. The predicted octanol–water partition coefficient (Wildman–Crippen LogP) is 7.23. The maximum absolute atomic E-state index is 13.3. The van der Waals surface area contributed by atoms with E-state index in [2.05, 4.69) is 0 Å². The number of nitrogen functional groups attached to an aromatic ring is 1. The van der Waals surface area contributed by atoms with E-state index in [1.54, 1.807) is 0 Å². The van der Waals surface area contributed by atoms with Crippen molar-refractivity contribution < 1.29 is 31.1 Å². The number of aryl methyl sites for hydroxylation is 1. The number of rotatable bonds is 3. The second-order valence-corrected chi connectivity index (χ2v) is 8.10. The highest BCUT2D eigenvalue weighted by molar-refractivity contribution is 7.16. The average molecular weight is 464 g/mol. The molecule has 0 aliphatic heterocycles. The lowest BCUT2D eigenvalue weighted by atomic mass is 9.93. The number of halogens is 7. The van der Waals surface area contributed by atoms with Crippen LogP contribution in [0.3, 0.4) is 0 Å². The van der Waals surface area contributed by atoms with E-state index in [9.17, 15) is 31.1 Å². The fraction of sp³-hybridized carbons (Fsp3) is 0.150. The topological polar surface area (TPSA) is 43.1 Å². The zero-order chi connectivity index (χ0) is 22.4. The molecule has 0 atom stereocenters. The van der Waals surface area contributed by atoms with Gasteiger partial charge in [-0.05, 0) is 55.0 Å². The summed E-state index contributed by atoms with van der Waals surface area (Å²) in [6, 6.07) is 6.88. The Balaban J connectivity index is 2.26. The van der Waals surface area contributed by atoms with E-state index < -0.39 is 29.3 Å². The van der Waals surface area contributed by atoms with Gasteiger partial charge in [0.05, 0.1) is 21.7 Å². The smallest absolute Gasteiger partial charge is 0.390 e. The molecule has 2 N–H and O–H groups in total. The van der Waals surface area contributed by atoms with Gasteiger partial charge < -0.3 is 5.73 Å². The summed E-state index contributed by atoms with van der Waals surface area (Å²) in [5.41, 5.74) is 2.53. The largest absolute Gasteiger partial charge is 0.416 e. The number of benzene rings is 2. The van der Waals surface area contributed by atoms with Gasteiger partial charge in [-0.15, -0.1) is 11.3 Å². The van der Waals surface area contributed by atoms with Crippen LogP contribution in [0.5, 0.6) is 0 Å². The Morgan fingerprint density at radius 1 is 0.933 bits per heavy atom. The molecule has 10 heteroatoms. The minimum atomic E-state index is -5.01. The SMILES string of the molecule is Cc1sc(N)c(C(=O)c2ccc(Cl)cc2)c1-c1cc(C(F)(F)F)cc(C(F)(F)F)c1. The van der Waals surface area contributed by atoms with Crippen LogP contribution in [-0.4, -0.2) is 5.78 Å². The molecular formula is C20H12ClF6NOS. The zero-order valence-corrected chi connectivity index (χ0v) is 16.7. The Bertz CT molecular complexity index is 1080.